The number of hydrogen-bond donors (Lipinski definition) is 3. The molecule has 0 unspecified atom stereocenters. The van der Waals surface area contributed by atoms with Crippen molar-refractivity contribution < 1.29 is 18.9 Å². The monoisotopic (exact) mass is 177 g/mol. The van der Waals surface area contributed by atoms with Crippen LogP contribution in [0.1, 0.15) is 5.69 Å². The SMILES string of the molecule is O=P(O)(O)OCc1ccc[nH]1. The smallest absolute Gasteiger partial charge is 0.363 e. The van der Waals surface area contributed by atoms with Gasteiger partial charge in [0.05, 0.1) is 6.61 Å². The van der Waals surface area contributed by atoms with Gasteiger partial charge in [-0.05, 0) is 12.1 Å². The van der Waals surface area contributed by atoms with E-state index >= 15 is 0 Å². The first-order valence-corrected chi connectivity index (χ1v) is 4.43. The van der Waals surface area contributed by atoms with Crippen molar-refractivity contribution >= 4 is 7.82 Å². The van der Waals surface area contributed by atoms with Crippen LogP contribution in [0.15, 0.2) is 18.3 Å². The summed E-state index contributed by atoms with van der Waals surface area (Å²) in [5.74, 6) is 0. The zero-order chi connectivity index (χ0) is 8.32. The van der Waals surface area contributed by atoms with E-state index in [9.17, 15) is 4.57 Å². The van der Waals surface area contributed by atoms with Crippen LogP contribution in [-0.4, -0.2) is 14.8 Å². The molecule has 11 heavy (non-hydrogen) atoms. The zero-order valence-electron chi connectivity index (χ0n) is 5.60. The van der Waals surface area contributed by atoms with E-state index in [1.54, 1.807) is 18.3 Å². The van der Waals surface area contributed by atoms with Crippen LogP contribution < -0.4 is 0 Å². The molecule has 0 saturated heterocycles. The molecular weight excluding hydrogens is 169 g/mol. The van der Waals surface area contributed by atoms with Gasteiger partial charge in [0, 0.05) is 11.9 Å². The molecule has 0 atom stereocenters. The minimum absolute atomic E-state index is 0.0999. The zero-order valence-corrected chi connectivity index (χ0v) is 6.49. The number of hydrogen-bond acceptors (Lipinski definition) is 2. The Labute approximate surface area is 63.3 Å². The second-order valence-corrected chi connectivity index (χ2v) is 3.20. The Kier molecular flexibility index (Phi) is 2.46. The molecular formula is C5H8NO4P. The van der Waals surface area contributed by atoms with Crippen LogP contribution in [0.25, 0.3) is 0 Å². The molecule has 1 aromatic heterocycles. The van der Waals surface area contributed by atoms with E-state index in [0.717, 1.165) is 0 Å². The third-order valence-corrected chi connectivity index (χ3v) is 1.52. The predicted molar refractivity (Wildman–Crippen MR) is 37.6 cm³/mol. The van der Waals surface area contributed by atoms with Crippen LogP contribution >= 0.6 is 7.82 Å². The minimum atomic E-state index is -4.33. The Hall–Kier alpha value is -0.610. The lowest BCUT2D eigenvalue weighted by Gasteiger charge is -2.02. The highest BCUT2D eigenvalue weighted by Gasteiger charge is 2.13. The van der Waals surface area contributed by atoms with Gasteiger partial charge in [-0.2, -0.15) is 0 Å². The molecule has 3 N–H and O–H groups in total. The first kappa shape index (κ1) is 8.49. The highest BCUT2D eigenvalue weighted by atomic mass is 31.2. The number of phosphoric ester groups is 1. The van der Waals surface area contributed by atoms with Crippen molar-refractivity contribution in [2.75, 3.05) is 0 Å². The van der Waals surface area contributed by atoms with Gasteiger partial charge in [0.2, 0.25) is 0 Å². The summed E-state index contributed by atoms with van der Waals surface area (Å²) in [5, 5.41) is 0. The average Bonchev–Trinajstić information content (AvgIpc) is 2.32. The summed E-state index contributed by atoms with van der Waals surface area (Å²) in [5.41, 5.74) is 0.633. The Balaban J connectivity index is 2.41. The van der Waals surface area contributed by atoms with Crippen LogP contribution in [0.5, 0.6) is 0 Å². The maximum Gasteiger partial charge on any atom is 0.469 e. The van der Waals surface area contributed by atoms with Gasteiger partial charge in [0.1, 0.15) is 0 Å². The summed E-state index contributed by atoms with van der Waals surface area (Å²) >= 11 is 0. The van der Waals surface area contributed by atoms with Gasteiger partial charge in [-0.15, -0.1) is 0 Å². The molecule has 0 saturated carbocycles. The van der Waals surface area contributed by atoms with E-state index in [1.165, 1.54) is 0 Å². The molecule has 0 fully saturated rings. The van der Waals surface area contributed by atoms with Gasteiger partial charge in [0.15, 0.2) is 0 Å². The number of aromatic nitrogens is 1. The van der Waals surface area contributed by atoms with Crippen molar-refractivity contribution in [2.45, 2.75) is 6.61 Å². The van der Waals surface area contributed by atoms with Crippen molar-refractivity contribution in [1.82, 2.24) is 4.98 Å². The lowest BCUT2D eigenvalue weighted by Crippen LogP contribution is -1.89. The van der Waals surface area contributed by atoms with E-state index in [-0.39, 0.29) is 6.61 Å². The molecule has 0 spiro atoms. The lowest BCUT2D eigenvalue weighted by atomic mass is 10.5. The molecule has 0 amide bonds. The van der Waals surface area contributed by atoms with Crippen molar-refractivity contribution in [3.05, 3.63) is 24.0 Å². The number of phosphoric acid groups is 1. The molecule has 62 valence electrons. The maximum absolute atomic E-state index is 10.2. The van der Waals surface area contributed by atoms with Crippen molar-refractivity contribution in [3.63, 3.8) is 0 Å². The lowest BCUT2D eigenvalue weighted by molar-refractivity contribution is 0.187. The van der Waals surface area contributed by atoms with Gasteiger partial charge >= 0.3 is 7.82 Å². The fourth-order valence-electron chi connectivity index (χ4n) is 0.611. The van der Waals surface area contributed by atoms with E-state index in [1.807, 2.05) is 0 Å². The molecule has 0 aliphatic heterocycles. The van der Waals surface area contributed by atoms with Gasteiger partial charge in [0.25, 0.3) is 0 Å². The van der Waals surface area contributed by atoms with Crippen LogP contribution in [0.4, 0.5) is 0 Å². The molecule has 1 heterocycles. The molecule has 0 aromatic carbocycles. The molecule has 1 rings (SSSR count). The van der Waals surface area contributed by atoms with E-state index in [2.05, 4.69) is 9.51 Å². The van der Waals surface area contributed by atoms with Gasteiger partial charge < -0.3 is 14.8 Å². The van der Waals surface area contributed by atoms with Crippen molar-refractivity contribution in [1.29, 1.82) is 0 Å². The van der Waals surface area contributed by atoms with Crippen molar-refractivity contribution in [3.8, 4) is 0 Å². The quantitative estimate of drug-likeness (QED) is 0.591. The summed E-state index contributed by atoms with van der Waals surface area (Å²) in [4.78, 5) is 19.3. The summed E-state index contributed by atoms with van der Waals surface area (Å²) in [6, 6.07) is 3.40. The molecule has 1 aromatic rings. The summed E-state index contributed by atoms with van der Waals surface area (Å²) in [6.07, 6.45) is 1.65. The van der Waals surface area contributed by atoms with Crippen molar-refractivity contribution in [2.24, 2.45) is 0 Å². The molecule has 0 aliphatic carbocycles. The number of rotatable bonds is 3. The fraction of sp³-hybridized carbons (Fsp3) is 0.200. The first-order valence-electron chi connectivity index (χ1n) is 2.90. The summed E-state index contributed by atoms with van der Waals surface area (Å²) in [7, 11) is -4.33. The molecule has 6 heteroatoms. The third-order valence-electron chi connectivity index (χ3n) is 1.05. The molecule has 0 radical (unpaired) electrons. The summed E-state index contributed by atoms with van der Waals surface area (Å²) < 4.78 is 14.4. The first-order chi connectivity index (χ1) is 5.08. The van der Waals surface area contributed by atoms with Crippen LogP contribution in [0, 0.1) is 0 Å². The highest BCUT2D eigenvalue weighted by Crippen LogP contribution is 2.36. The standard InChI is InChI=1S/C5H8NO4P/c7-11(8,9)10-4-5-2-1-3-6-5/h1-3,6H,4H2,(H2,7,8,9). The topological polar surface area (TPSA) is 82.6 Å². The average molecular weight is 177 g/mol. The second-order valence-electron chi connectivity index (χ2n) is 1.96. The fourth-order valence-corrected chi connectivity index (χ4v) is 0.918. The van der Waals surface area contributed by atoms with Gasteiger partial charge in [-0.1, -0.05) is 0 Å². The molecule has 0 bridgehead atoms. The second kappa shape index (κ2) is 3.19. The normalized spacial score (nSPS) is 11.8. The van der Waals surface area contributed by atoms with E-state index in [0.29, 0.717) is 5.69 Å². The number of nitrogens with one attached hydrogen (secondary N) is 1. The van der Waals surface area contributed by atoms with Crippen LogP contribution in [0.3, 0.4) is 0 Å². The van der Waals surface area contributed by atoms with Crippen LogP contribution in [-0.2, 0) is 15.7 Å². The van der Waals surface area contributed by atoms with Gasteiger partial charge in [-0.3, -0.25) is 4.52 Å². The Morgan fingerprint density at radius 2 is 2.36 bits per heavy atom. The maximum atomic E-state index is 10.2. The van der Waals surface area contributed by atoms with Gasteiger partial charge in [-0.25, -0.2) is 4.57 Å². The Morgan fingerprint density at radius 3 is 2.82 bits per heavy atom. The predicted octanol–water partition coefficient (Wildman–Crippen LogP) is 0.624. The minimum Gasteiger partial charge on any atom is -0.363 e. The Morgan fingerprint density at radius 1 is 1.64 bits per heavy atom. The van der Waals surface area contributed by atoms with Crippen LogP contribution in [0.2, 0.25) is 0 Å². The summed E-state index contributed by atoms with van der Waals surface area (Å²) in [6.45, 7) is -0.0999. The number of aromatic amines is 1. The van der Waals surface area contributed by atoms with E-state index < -0.39 is 7.82 Å². The number of H-pyrrole nitrogens is 1. The largest absolute Gasteiger partial charge is 0.469 e. The molecule has 0 aliphatic rings. The highest BCUT2D eigenvalue weighted by molar-refractivity contribution is 7.46. The Bertz CT molecular complexity index is 251. The molecule has 5 nitrogen and oxygen atoms in total. The third kappa shape index (κ3) is 3.34. The van der Waals surface area contributed by atoms with E-state index in [4.69, 9.17) is 9.79 Å².